The fraction of sp³-hybridized carbons (Fsp3) is 0. The van der Waals surface area contributed by atoms with Crippen LogP contribution in [0.1, 0.15) is 10.4 Å². The topological polar surface area (TPSA) is 30.0 Å². The first-order valence-electron chi connectivity index (χ1n) is 7.08. The minimum Gasteiger partial charge on any atom is -0.298 e. The molecule has 0 fully saturated rings. The van der Waals surface area contributed by atoms with E-state index in [-0.39, 0.29) is 15.6 Å². The third-order valence-electron chi connectivity index (χ3n) is 3.66. The molecule has 2 aromatic carbocycles. The Morgan fingerprint density at radius 1 is 0.731 bits per heavy atom. The van der Waals surface area contributed by atoms with Gasteiger partial charge in [0.2, 0.25) is 0 Å². The van der Waals surface area contributed by atoms with Gasteiger partial charge in [-0.1, -0.05) is 69.6 Å². The van der Waals surface area contributed by atoms with Gasteiger partial charge in [-0.25, -0.2) is 0 Å². The molecule has 1 heterocycles. The number of aldehydes is 1. The van der Waals surface area contributed by atoms with Crippen LogP contribution in [0.25, 0.3) is 22.4 Å². The van der Waals surface area contributed by atoms with Gasteiger partial charge in [-0.2, -0.15) is 0 Å². The van der Waals surface area contributed by atoms with Gasteiger partial charge in [0.1, 0.15) is 0 Å². The molecule has 1 aromatic heterocycles. The molecule has 3 rings (SSSR count). The van der Waals surface area contributed by atoms with Crippen LogP contribution in [-0.4, -0.2) is 11.3 Å². The maximum absolute atomic E-state index is 11.7. The summed E-state index contributed by atoms with van der Waals surface area (Å²) in [6.07, 6.45) is 2.16. The van der Waals surface area contributed by atoms with Crippen molar-refractivity contribution in [3.05, 3.63) is 72.2 Å². The van der Waals surface area contributed by atoms with Gasteiger partial charge >= 0.3 is 0 Å². The Morgan fingerprint density at radius 2 is 1.23 bits per heavy atom. The number of benzene rings is 2. The SMILES string of the molecule is O=Cc1cc(-c2c(Cl)ccc(Cl)c2Cl)cnc1-c1c(Cl)ccc(Cl)c1Cl. The highest BCUT2D eigenvalue weighted by atomic mass is 35.5. The smallest absolute Gasteiger partial charge is 0.152 e. The first-order chi connectivity index (χ1) is 12.3. The van der Waals surface area contributed by atoms with Gasteiger partial charge in [0.25, 0.3) is 0 Å². The molecule has 0 amide bonds. The lowest BCUT2D eigenvalue weighted by Gasteiger charge is -2.13. The molecule has 0 bridgehead atoms. The molecule has 2 nitrogen and oxygen atoms in total. The first-order valence-corrected chi connectivity index (χ1v) is 9.35. The molecule has 0 saturated heterocycles. The summed E-state index contributed by atoms with van der Waals surface area (Å²) < 4.78 is 0. The standard InChI is InChI=1S/C18H7Cl6NO/c19-10-1-3-12(21)16(23)14(10)8-5-9(7-26)18(25-6-8)15-11(20)2-4-13(22)17(15)24/h1-7H. The number of carbonyl (C=O) groups is 1. The van der Waals surface area contributed by atoms with Crippen molar-refractivity contribution in [1.82, 2.24) is 4.98 Å². The van der Waals surface area contributed by atoms with E-state index in [0.29, 0.717) is 48.8 Å². The summed E-state index contributed by atoms with van der Waals surface area (Å²) in [6, 6.07) is 7.94. The van der Waals surface area contributed by atoms with Gasteiger partial charge in [-0.05, 0) is 30.3 Å². The fourth-order valence-electron chi connectivity index (χ4n) is 2.45. The number of aromatic nitrogens is 1. The van der Waals surface area contributed by atoms with E-state index in [1.165, 1.54) is 6.20 Å². The maximum atomic E-state index is 11.7. The Morgan fingerprint density at radius 3 is 1.81 bits per heavy atom. The molecule has 3 aromatic rings. The zero-order valence-electron chi connectivity index (χ0n) is 12.7. The maximum Gasteiger partial charge on any atom is 0.152 e. The van der Waals surface area contributed by atoms with E-state index in [0.717, 1.165) is 0 Å². The summed E-state index contributed by atoms with van der Waals surface area (Å²) in [7, 11) is 0. The van der Waals surface area contributed by atoms with Crippen LogP contribution in [0.3, 0.4) is 0 Å². The first kappa shape index (κ1) is 19.8. The van der Waals surface area contributed by atoms with E-state index in [1.807, 2.05) is 0 Å². The molecule has 0 atom stereocenters. The second kappa shape index (κ2) is 7.93. The van der Waals surface area contributed by atoms with E-state index in [9.17, 15) is 4.79 Å². The lowest BCUT2D eigenvalue weighted by Crippen LogP contribution is -1.96. The Kier molecular flexibility index (Phi) is 6.03. The van der Waals surface area contributed by atoms with Crippen LogP contribution < -0.4 is 0 Å². The molecule has 0 N–H and O–H groups in total. The normalized spacial score (nSPS) is 10.8. The number of carbonyl (C=O) groups excluding carboxylic acids is 1. The van der Waals surface area contributed by atoms with Crippen LogP contribution in [0.2, 0.25) is 30.1 Å². The predicted octanol–water partition coefficient (Wildman–Crippen LogP) is 8.15. The molecular weight excluding hydrogens is 459 g/mol. The molecule has 0 unspecified atom stereocenters. The van der Waals surface area contributed by atoms with Crippen LogP contribution in [0.4, 0.5) is 0 Å². The van der Waals surface area contributed by atoms with Crippen molar-refractivity contribution in [3.8, 4) is 22.4 Å². The zero-order valence-corrected chi connectivity index (χ0v) is 17.2. The van der Waals surface area contributed by atoms with Crippen molar-refractivity contribution < 1.29 is 4.79 Å². The Bertz CT molecular complexity index is 1030. The molecule has 0 spiro atoms. The van der Waals surface area contributed by atoms with E-state index in [4.69, 9.17) is 69.6 Å². The molecule has 0 saturated carbocycles. The predicted molar refractivity (Wildman–Crippen MR) is 111 cm³/mol. The molecule has 0 aliphatic heterocycles. The van der Waals surface area contributed by atoms with Crippen molar-refractivity contribution in [1.29, 1.82) is 0 Å². The number of rotatable bonds is 3. The number of pyridine rings is 1. The Hall–Kier alpha value is -1.000. The van der Waals surface area contributed by atoms with E-state index < -0.39 is 0 Å². The number of hydrogen-bond acceptors (Lipinski definition) is 2. The number of hydrogen-bond donors (Lipinski definition) is 0. The van der Waals surface area contributed by atoms with Crippen molar-refractivity contribution in [3.63, 3.8) is 0 Å². The van der Waals surface area contributed by atoms with Crippen LogP contribution in [-0.2, 0) is 0 Å². The quantitative estimate of drug-likeness (QED) is 0.288. The highest BCUT2D eigenvalue weighted by molar-refractivity contribution is 6.47. The number of nitrogens with zero attached hydrogens (tertiary/aromatic N) is 1. The van der Waals surface area contributed by atoms with Crippen LogP contribution >= 0.6 is 69.6 Å². The van der Waals surface area contributed by atoms with Crippen molar-refractivity contribution in [2.24, 2.45) is 0 Å². The third-order valence-corrected chi connectivity index (χ3v) is 5.90. The molecule has 8 heteroatoms. The van der Waals surface area contributed by atoms with Crippen molar-refractivity contribution in [2.45, 2.75) is 0 Å². The van der Waals surface area contributed by atoms with Gasteiger partial charge in [-0.3, -0.25) is 9.78 Å². The zero-order chi connectivity index (χ0) is 19.0. The summed E-state index contributed by atoms with van der Waals surface area (Å²) >= 11 is 37.1. The summed E-state index contributed by atoms with van der Waals surface area (Å²) in [5.41, 5.74) is 1.93. The second-order valence-corrected chi connectivity index (χ2v) is 7.60. The van der Waals surface area contributed by atoms with Gasteiger partial charge in [0, 0.05) is 28.5 Å². The van der Waals surface area contributed by atoms with Gasteiger partial charge in [0.05, 0.1) is 35.8 Å². The molecule has 132 valence electrons. The molecule has 0 aliphatic rings. The Balaban J connectivity index is 2.25. The molecule has 0 radical (unpaired) electrons. The van der Waals surface area contributed by atoms with Gasteiger partial charge in [0.15, 0.2) is 6.29 Å². The van der Waals surface area contributed by atoms with Gasteiger partial charge in [-0.15, -0.1) is 0 Å². The minimum atomic E-state index is 0.210. The largest absolute Gasteiger partial charge is 0.298 e. The van der Waals surface area contributed by atoms with Crippen LogP contribution in [0, 0.1) is 0 Å². The van der Waals surface area contributed by atoms with E-state index >= 15 is 0 Å². The van der Waals surface area contributed by atoms with Crippen molar-refractivity contribution in [2.75, 3.05) is 0 Å². The minimum absolute atomic E-state index is 0.210. The van der Waals surface area contributed by atoms with Gasteiger partial charge < -0.3 is 0 Å². The molecular formula is C18H7Cl6NO. The van der Waals surface area contributed by atoms with Crippen molar-refractivity contribution >= 4 is 75.9 Å². The summed E-state index contributed by atoms with van der Waals surface area (Å²) in [5, 5.41) is 1.82. The average Bonchev–Trinajstić information content (AvgIpc) is 2.63. The highest BCUT2D eigenvalue weighted by Gasteiger charge is 2.19. The molecule has 26 heavy (non-hydrogen) atoms. The lowest BCUT2D eigenvalue weighted by molar-refractivity contribution is 0.112. The summed E-state index contributed by atoms with van der Waals surface area (Å²) in [4.78, 5) is 16.0. The van der Waals surface area contributed by atoms with Crippen LogP contribution in [0.15, 0.2) is 36.5 Å². The average molecular weight is 466 g/mol. The Labute approximate surface area is 179 Å². The lowest BCUT2D eigenvalue weighted by atomic mass is 10.0. The van der Waals surface area contributed by atoms with E-state index in [1.54, 1.807) is 30.3 Å². The monoisotopic (exact) mass is 463 g/mol. The third kappa shape index (κ3) is 3.55. The van der Waals surface area contributed by atoms with Crippen LogP contribution in [0.5, 0.6) is 0 Å². The van der Waals surface area contributed by atoms with E-state index in [2.05, 4.69) is 4.98 Å². The molecule has 0 aliphatic carbocycles. The second-order valence-electron chi connectivity index (χ2n) is 5.22. The summed E-state index contributed by atoms with van der Waals surface area (Å²) in [6.45, 7) is 0. The fourth-order valence-corrected chi connectivity index (χ4v) is 3.91. The number of halogens is 6. The summed E-state index contributed by atoms with van der Waals surface area (Å²) in [5.74, 6) is 0. The highest BCUT2D eigenvalue weighted by Crippen LogP contribution is 2.42.